The van der Waals surface area contributed by atoms with Gasteiger partial charge < -0.3 is 0 Å². The lowest BCUT2D eigenvalue weighted by atomic mass is 10.1. The van der Waals surface area contributed by atoms with Crippen LogP contribution in [0.25, 0.3) is 10.1 Å². The van der Waals surface area contributed by atoms with Gasteiger partial charge in [-0.05, 0) is 35.6 Å². The molecule has 0 N–H and O–H groups in total. The van der Waals surface area contributed by atoms with E-state index >= 15 is 0 Å². The monoisotopic (exact) mass is 352 g/mol. The van der Waals surface area contributed by atoms with Crippen molar-refractivity contribution in [3.05, 3.63) is 70.6 Å². The van der Waals surface area contributed by atoms with Crippen molar-refractivity contribution in [1.29, 1.82) is 0 Å². The minimum absolute atomic E-state index is 0.0276. The average molecular weight is 353 g/mol. The molecule has 1 atom stereocenters. The highest BCUT2D eigenvalue weighted by Crippen LogP contribution is 2.36. The molecule has 0 nitrogen and oxygen atoms in total. The van der Waals surface area contributed by atoms with Crippen LogP contribution in [0.3, 0.4) is 0 Å². The Bertz CT molecular complexity index is 718. The van der Waals surface area contributed by atoms with Gasteiger partial charge in [-0.1, -0.05) is 40.2 Å². The normalized spacial score (nSPS) is 12.8. The van der Waals surface area contributed by atoms with E-state index in [1.807, 2.05) is 12.1 Å². The average Bonchev–Trinajstić information content (AvgIpc) is 2.86. The first-order chi connectivity index (χ1) is 9.63. The van der Waals surface area contributed by atoms with E-state index in [-0.39, 0.29) is 4.83 Å². The summed E-state index contributed by atoms with van der Waals surface area (Å²) in [5.41, 5.74) is 0.519. The fourth-order valence-corrected chi connectivity index (χ4v) is 3.94. The van der Waals surface area contributed by atoms with Crippen molar-refractivity contribution in [2.45, 2.75) is 11.2 Å². The van der Waals surface area contributed by atoms with Crippen LogP contribution >= 0.6 is 27.3 Å². The van der Waals surface area contributed by atoms with Gasteiger partial charge in [-0.3, -0.25) is 0 Å². The Morgan fingerprint density at radius 3 is 2.60 bits per heavy atom. The van der Waals surface area contributed by atoms with Gasteiger partial charge in [-0.15, -0.1) is 11.3 Å². The first kappa shape index (κ1) is 13.7. The van der Waals surface area contributed by atoms with Gasteiger partial charge in [-0.2, -0.15) is 0 Å². The Balaban J connectivity index is 1.86. The van der Waals surface area contributed by atoms with E-state index in [1.165, 1.54) is 22.2 Å². The number of benzene rings is 2. The predicted octanol–water partition coefficient (Wildman–Crippen LogP) is 5.86. The molecule has 0 aliphatic carbocycles. The molecule has 2 aromatic carbocycles. The van der Waals surface area contributed by atoms with E-state index in [4.69, 9.17) is 0 Å². The quantitative estimate of drug-likeness (QED) is 0.518. The van der Waals surface area contributed by atoms with E-state index in [0.717, 1.165) is 10.9 Å². The van der Waals surface area contributed by atoms with Crippen molar-refractivity contribution in [1.82, 2.24) is 0 Å². The van der Waals surface area contributed by atoms with Crippen molar-refractivity contribution in [3.8, 4) is 0 Å². The van der Waals surface area contributed by atoms with Crippen LogP contribution < -0.4 is 0 Å². The predicted molar refractivity (Wildman–Crippen MR) is 83.6 cm³/mol. The molecule has 0 amide bonds. The maximum absolute atomic E-state index is 13.7. The number of alkyl halides is 1. The molecule has 0 bridgehead atoms. The van der Waals surface area contributed by atoms with E-state index in [1.54, 1.807) is 11.3 Å². The number of hydrogen-bond donors (Lipinski definition) is 0. The van der Waals surface area contributed by atoms with Gasteiger partial charge in [0, 0.05) is 15.6 Å². The Kier molecular flexibility index (Phi) is 3.85. The molecule has 0 saturated carbocycles. The van der Waals surface area contributed by atoms with Crippen molar-refractivity contribution < 1.29 is 8.78 Å². The molecule has 1 heterocycles. The minimum Gasteiger partial charge on any atom is -0.207 e. The van der Waals surface area contributed by atoms with Crippen LogP contribution in [-0.2, 0) is 6.42 Å². The third-order valence-electron chi connectivity index (χ3n) is 3.17. The number of halogens is 3. The van der Waals surface area contributed by atoms with E-state index < -0.39 is 11.6 Å². The maximum atomic E-state index is 13.7. The summed E-state index contributed by atoms with van der Waals surface area (Å²) >= 11 is 5.29. The van der Waals surface area contributed by atoms with Crippen LogP contribution in [-0.4, -0.2) is 0 Å². The Morgan fingerprint density at radius 2 is 1.85 bits per heavy atom. The molecule has 1 aromatic heterocycles. The number of rotatable bonds is 3. The van der Waals surface area contributed by atoms with Crippen molar-refractivity contribution in [3.63, 3.8) is 0 Å². The van der Waals surface area contributed by atoms with E-state index in [0.29, 0.717) is 12.0 Å². The molecular weight excluding hydrogens is 342 g/mol. The van der Waals surface area contributed by atoms with Gasteiger partial charge in [-0.25, -0.2) is 8.78 Å². The van der Waals surface area contributed by atoms with Crippen molar-refractivity contribution >= 4 is 37.4 Å². The van der Waals surface area contributed by atoms with Crippen molar-refractivity contribution in [2.75, 3.05) is 0 Å². The molecule has 0 fully saturated rings. The highest BCUT2D eigenvalue weighted by Gasteiger charge is 2.14. The summed E-state index contributed by atoms with van der Waals surface area (Å²) in [5.74, 6) is -1.03. The molecule has 0 saturated heterocycles. The molecule has 4 heteroatoms. The largest absolute Gasteiger partial charge is 0.207 e. The second-order valence-corrected chi connectivity index (χ2v) is 6.81. The molecule has 0 radical (unpaired) electrons. The topological polar surface area (TPSA) is 0 Å². The summed E-state index contributed by atoms with van der Waals surface area (Å²) in [6.45, 7) is 0. The lowest BCUT2D eigenvalue weighted by Gasteiger charge is -2.08. The second kappa shape index (κ2) is 5.62. The van der Waals surface area contributed by atoms with E-state index in [2.05, 4.69) is 34.1 Å². The van der Waals surface area contributed by atoms with Gasteiger partial charge in [0.05, 0.1) is 4.83 Å². The lowest BCUT2D eigenvalue weighted by molar-refractivity contribution is 0.571. The summed E-state index contributed by atoms with van der Waals surface area (Å²) in [7, 11) is 0. The van der Waals surface area contributed by atoms with Crippen molar-refractivity contribution in [2.24, 2.45) is 0 Å². The van der Waals surface area contributed by atoms with E-state index in [9.17, 15) is 8.78 Å². The van der Waals surface area contributed by atoms with Crippen LogP contribution in [0.15, 0.2) is 48.5 Å². The molecule has 3 aromatic rings. The molecule has 3 rings (SSSR count). The number of hydrogen-bond acceptors (Lipinski definition) is 1. The number of thiophene rings is 1. The summed E-state index contributed by atoms with van der Waals surface area (Å²) < 4.78 is 27.8. The standard InChI is InChI=1S/C16H11BrF2S/c17-13(7-10-5-6-12(18)9-14(10)19)16-8-11-3-1-2-4-15(11)20-16/h1-6,8-9,13H,7H2. The molecule has 0 spiro atoms. The molecule has 20 heavy (non-hydrogen) atoms. The molecular formula is C16H11BrF2S. The summed E-state index contributed by atoms with van der Waals surface area (Å²) in [5, 5.41) is 1.19. The highest BCUT2D eigenvalue weighted by molar-refractivity contribution is 9.09. The zero-order chi connectivity index (χ0) is 14.1. The molecule has 102 valence electrons. The smallest absolute Gasteiger partial charge is 0.129 e. The van der Waals surface area contributed by atoms with Crippen LogP contribution in [0.1, 0.15) is 15.3 Å². The van der Waals surface area contributed by atoms with Crippen LogP contribution in [0.2, 0.25) is 0 Å². The van der Waals surface area contributed by atoms with Gasteiger partial charge in [0.1, 0.15) is 11.6 Å². The van der Waals surface area contributed by atoms with Gasteiger partial charge in [0.25, 0.3) is 0 Å². The Labute approximate surface area is 128 Å². The zero-order valence-electron chi connectivity index (χ0n) is 10.4. The van der Waals surface area contributed by atoms with Crippen LogP contribution in [0, 0.1) is 11.6 Å². The summed E-state index contributed by atoms with van der Waals surface area (Å²) in [6, 6.07) is 14.0. The van der Waals surface area contributed by atoms with Crippen LogP contribution in [0.5, 0.6) is 0 Å². The van der Waals surface area contributed by atoms with Gasteiger partial charge >= 0.3 is 0 Å². The third kappa shape index (κ3) is 2.76. The molecule has 0 aliphatic rings. The second-order valence-electron chi connectivity index (χ2n) is 4.59. The third-order valence-corrected chi connectivity index (χ3v) is 5.52. The summed E-state index contributed by atoms with van der Waals surface area (Å²) in [6.07, 6.45) is 0.499. The Hall–Kier alpha value is -1.26. The molecule has 1 unspecified atom stereocenters. The first-order valence-electron chi connectivity index (χ1n) is 6.20. The zero-order valence-corrected chi connectivity index (χ0v) is 12.8. The SMILES string of the molecule is Fc1ccc(CC(Br)c2cc3ccccc3s2)c(F)c1. The van der Waals surface area contributed by atoms with Gasteiger partial charge in [0.15, 0.2) is 0 Å². The maximum Gasteiger partial charge on any atom is 0.129 e. The van der Waals surface area contributed by atoms with Gasteiger partial charge in [0.2, 0.25) is 0 Å². The first-order valence-corrected chi connectivity index (χ1v) is 7.93. The minimum atomic E-state index is -0.542. The lowest BCUT2D eigenvalue weighted by Crippen LogP contribution is -1.97. The fraction of sp³-hybridized carbons (Fsp3) is 0.125. The summed E-state index contributed by atoms with van der Waals surface area (Å²) in [4.78, 5) is 1.18. The highest BCUT2D eigenvalue weighted by atomic mass is 79.9. The number of fused-ring (bicyclic) bond motifs is 1. The Morgan fingerprint density at radius 1 is 1.05 bits per heavy atom. The fourth-order valence-electron chi connectivity index (χ4n) is 2.14. The molecule has 0 aliphatic heterocycles. The van der Waals surface area contributed by atoms with Crippen LogP contribution in [0.4, 0.5) is 8.78 Å².